The molecule has 0 saturated carbocycles. The molecule has 0 bridgehead atoms. The van der Waals surface area contributed by atoms with Gasteiger partial charge in [0.15, 0.2) is 0 Å². The fraction of sp³-hybridized carbons (Fsp3) is 0.533. The summed E-state index contributed by atoms with van der Waals surface area (Å²) in [6.07, 6.45) is 5.76. The minimum atomic E-state index is -0.779. The Hall–Kier alpha value is -1.35. The van der Waals surface area contributed by atoms with Crippen molar-refractivity contribution in [3.05, 3.63) is 35.9 Å². The van der Waals surface area contributed by atoms with Crippen LogP contribution in [0.4, 0.5) is 0 Å². The molecule has 100 valence electrons. The van der Waals surface area contributed by atoms with Crippen molar-refractivity contribution in [3.63, 3.8) is 0 Å². The van der Waals surface area contributed by atoms with Crippen LogP contribution in [0.2, 0.25) is 0 Å². The van der Waals surface area contributed by atoms with E-state index >= 15 is 0 Å². The second-order valence-electron chi connectivity index (χ2n) is 4.66. The number of unbranched alkanes of at least 4 members (excludes halogenated alkanes) is 3. The summed E-state index contributed by atoms with van der Waals surface area (Å²) in [6.45, 7) is 2.47. The highest BCUT2D eigenvalue weighted by atomic mass is 16.4. The van der Waals surface area contributed by atoms with Crippen LogP contribution >= 0.6 is 0 Å². The van der Waals surface area contributed by atoms with Gasteiger partial charge >= 0.3 is 5.97 Å². The molecule has 0 radical (unpaired) electrons. The monoisotopic (exact) mass is 249 g/mol. The summed E-state index contributed by atoms with van der Waals surface area (Å²) in [5.41, 5.74) is 1.40. The highest BCUT2D eigenvalue weighted by Crippen LogP contribution is 2.07. The molecule has 1 aromatic carbocycles. The van der Waals surface area contributed by atoms with Crippen molar-refractivity contribution in [3.8, 4) is 0 Å². The second-order valence-corrected chi connectivity index (χ2v) is 4.66. The van der Waals surface area contributed by atoms with Crippen molar-refractivity contribution < 1.29 is 9.90 Å². The fourth-order valence-electron chi connectivity index (χ4n) is 1.86. The summed E-state index contributed by atoms with van der Waals surface area (Å²) >= 11 is 0. The van der Waals surface area contributed by atoms with Crippen LogP contribution < -0.4 is 5.32 Å². The Morgan fingerprint density at radius 2 is 1.83 bits per heavy atom. The fourth-order valence-corrected chi connectivity index (χ4v) is 1.86. The van der Waals surface area contributed by atoms with Gasteiger partial charge in [-0.05, 0) is 38.3 Å². The standard InChI is InChI=1S/C15H23NO2/c1-13(15(17)18)16-12-8-3-2-5-9-14-10-6-4-7-11-14/h4,6-7,10-11,13,16H,2-3,5,8-9,12H2,1H3,(H,17,18). The maximum atomic E-state index is 10.6. The summed E-state index contributed by atoms with van der Waals surface area (Å²) in [5.74, 6) is -0.779. The predicted octanol–water partition coefficient (Wildman–Crippen LogP) is 2.85. The Morgan fingerprint density at radius 1 is 1.17 bits per heavy atom. The summed E-state index contributed by atoms with van der Waals surface area (Å²) in [4.78, 5) is 10.6. The molecule has 0 heterocycles. The Balaban J connectivity index is 1.95. The van der Waals surface area contributed by atoms with Gasteiger partial charge in [-0.15, -0.1) is 0 Å². The number of carboxylic acids is 1. The molecule has 0 aliphatic rings. The van der Waals surface area contributed by atoms with Crippen LogP contribution in [0.15, 0.2) is 30.3 Å². The molecule has 1 aromatic rings. The first-order valence-electron chi connectivity index (χ1n) is 6.70. The van der Waals surface area contributed by atoms with Gasteiger partial charge in [0.05, 0.1) is 0 Å². The van der Waals surface area contributed by atoms with Gasteiger partial charge in [0.2, 0.25) is 0 Å². The Labute approximate surface area is 109 Å². The summed E-state index contributed by atoms with van der Waals surface area (Å²) in [7, 11) is 0. The molecular weight excluding hydrogens is 226 g/mol. The average molecular weight is 249 g/mol. The molecule has 0 aromatic heterocycles. The number of rotatable bonds is 9. The lowest BCUT2D eigenvalue weighted by Gasteiger charge is -2.08. The van der Waals surface area contributed by atoms with E-state index in [0.717, 1.165) is 25.8 Å². The van der Waals surface area contributed by atoms with Crippen molar-refractivity contribution >= 4 is 5.97 Å². The van der Waals surface area contributed by atoms with Gasteiger partial charge in [0.1, 0.15) is 6.04 Å². The van der Waals surface area contributed by atoms with E-state index in [9.17, 15) is 4.79 Å². The molecule has 0 amide bonds. The average Bonchev–Trinajstić information content (AvgIpc) is 2.38. The van der Waals surface area contributed by atoms with E-state index in [1.807, 2.05) is 6.07 Å². The third-order valence-electron chi connectivity index (χ3n) is 3.06. The van der Waals surface area contributed by atoms with E-state index in [4.69, 9.17) is 5.11 Å². The van der Waals surface area contributed by atoms with Crippen LogP contribution in [0.25, 0.3) is 0 Å². The second kappa shape index (κ2) is 8.70. The first-order chi connectivity index (χ1) is 8.70. The van der Waals surface area contributed by atoms with Gasteiger partial charge in [-0.3, -0.25) is 4.79 Å². The highest BCUT2D eigenvalue weighted by Gasteiger charge is 2.07. The zero-order chi connectivity index (χ0) is 13.2. The van der Waals surface area contributed by atoms with Gasteiger partial charge < -0.3 is 10.4 Å². The van der Waals surface area contributed by atoms with Crippen molar-refractivity contribution in [2.45, 2.75) is 45.1 Å². The maximum absolute atomic E-state index is 10.6. The van der Waals surface area contributed by atoms with Crippen LogP contribution in [0.3, 0.4) is 0 Å². The molecule has 3 heteroatoms. The third-order valence-corrected chi connectivity index (χ3v) is 3.06. The molecular formula is C15H23NO2. The Kier molecular flexibility index (Phi) is 7.11. The van der Waals surface area contributed by atoms with Gasteiger partial charge in [-0.1, -0.05) is 43.2 Å². The van der Waals surface area contributed by atoms with E-state index < -0.39 is 12.0 Å². The van der Waals surface area contributed by atoms with Crippen LogP contribution in [0.5, 0.6) is 0 Å². The third kappa shape index (κ3) is 6.40. The van der Waals surface area contributed by atoms with E-state index in [0.29, 0.717) is 0 Å². The summed E-state index contributed by atoms with van der Waals surface area (Å²) in [6, 6.07) is 10.1. The lowest BCUT2D eigenvalue weighted by molar-refractivity contribution is -0.138. The first kappa shape index (κ1) is 14.7. The zero-order valence-electron chi connectivity index (χ0n) is 11.1. The Bertz CT molecular complexity index is 338. The van der Waals surface area contributed by atoms with Crippen molar-refractivity contribution in [2.24, 2.45) is 0 Å². The Morgan fingerprint density at radius 3 is 2.50 bits per heavy atom. The summed E-state index contributed by atoms with van der Waals surface area (Å²) < 4.78 is 0. The van der Waals surface area contributed by atoms with E-state index in [-0.39, 0.29) is 0 Å². The summed E-state index contributed by atoms with van der Waals surface area (Å²) in [5, 5.41) is 11.7. The molecule has 0 aliphatic carbocycles. The lowest BCUT2D eigenvalue weighted by Crippen LogP contribution is -2.34. The molecule has 1 unspecified atom stereocenters. The number of hydrogen-bond donors (Lipinski definition) is 2. The van der Waals surface area contributed by atoms with Crippen LogP contribution in [-0.4, -0.2) is 23.7 Å². The largest absolute Gasteiger partial charge is 0.480 e. The number of nitrogens with one attached hydrogen (secondary N) is 1. The molecule has 1 rings (SSSR count). The topological polar surface area (TPSA) is 49.3 Å². The first-order valence-corrected chi connectivity index (χ1v) is 6.70. The van der Waals surface area contributed by atoms with Gasteiger partial charge in [-0.25, -0.2) is 0 Å². The number of benzene rings is 1. The van der Waals surface area contributed by atoms with Gasteiger partial charge in [0.25, 0.3) is 0 Å². The minimum absolute atomic E-state index is 0.436. The molecule has 0 spiro atoms. The normalized spacial score (nSPS) is 12.3. The smallest absolute Gasteiger partial charge is 0.320 e. The molecule has 0 fully saturated rings. The number of carboxylic acid groups (broad SMARTS) is 1. The maximum Gasteiger partial charge on any atom is 0.320 e. The van der Waals surface area contributed by atoms with Gasteiger partial charge in [-0.2, -0.15) is 0 Å². The van der Waals surface area contributed by atoms with E-state index in [1.165, 1.54) is 18.4 Å². The quantitative estimate of drug-likeness (QED) is 0.662. The number of carbonyl (C=O) groups is 1. The number of hydrogen-bond acceptors (Lipinski definition) is 2. The highest BCUT2D eigenvalue weighted by molar-refractivity contribution is 5.72. The zero-order valence-corrected chi connectivity index (χ0v) is 11.1. The van der Waals surface area contributed by atoms with Crippen molar-refractivity contribution in [2.75, 3.05) is 6.54 Å². The van der Waals surface area contributed by atoms with Crippen molar-refractivity contribution in [1.82, 2.24) is 5.32 Å². The van der Waals surface area contributed by atoms with Crippen LogP contribution in [-0.2, 0) is 11.2 Å². The van der Waals surface area contributed by atoms with Crippen LogP contribution in [0.1, 0.15) is 38.2 Å². The number of aliphatic carboxylic acids is 1. The molecule has 2 N–H and O–H groups in total. The minimum Gasteiger partial charge on any atom is -0.480 e. The molecule has 0 aliphatic heterocycles. The van der Waals surface area contributed by atoms with Gasteiger partial charge in [0, 0.05) is 0 Å². The van der Waals surface area contributed by atoms with Crippen molar-refractivity contribution in [1.29, 1.82) is 0 Å². The van der Waals surface area contributed by atoms with E-state index in [1.54, 1.807) is 6.92 Å². The van der Waals surface area contributed by atoms with Crippen LogP contribution in [0, 0.1) is 0 Å². The SMILES string of the molecule is CC(NCCCCCCc1ccccc1)C(=O)O. The lowest BCUT2D eigenvalue weighted by atomic mass is 10.1. The number of aryl methyl sites for hydroxylation is 1. The molecule has 1 atom stereocenters. The molecule has 0 saturated heterocycles. The van der Waals surface area contributed by atoms with E-state index in [2.05, 4.69) is 29.6 Å². The molecule has 18 heavy (non-hydrogen) atoms. The molecule has 3 nitrogen and oxygen atoms in total. The predicted molar refractivity (Wildman–Crippen MR) is 73.7 cm³/mol.